The molecule has 1 N–H and O–H groups in total. The highest BCUT2D eigenvalue weighted by Crippen LogP contribution is 2.53. The van der Waals surface area contributed by atoms with Gasteiger partial charge in [0.1, 0.15) is 12.0 Å². The number of piperidine rings is 1. The van der Waals surface area contributed by atoms with Crippen LogP contribution in [0.4, 0.5) is 0 Å². The van der Waals surface area contributed by atoms with Crippen molar-refractivity contribution < 1.29 is 23.9 Å². The molecule has 0 aromatic heterocycles. The maximum absolute atomic E-state index is 12.7. The van der Waals surface area contributed by atoms with Crippen LogP contribution in [0.5, 0.6) is 0 Å². The molecule has 0 amide bonds. The van der Waals surface area contributed by atoms with Gasteiger partial charge in [-0.1, -0.05) is 31.9 Å². The van der Waals surface area contributed by atoms with Gasteiger partial charge in [-0.3, -0.25) is 4.79 Å². The van der Waals surface area contributed by atoms with Crippen LogP contribution in [-0.2, 0) is 19.0 Å². The number of hydrogen-bond donors (Lipinski definition) is 1. The second-order valence-corrected chi connectivity index (χ2v) is 9.90. The largest absolute Gasteiger partial charge is 0.461 e. The highest BCUT2D eigenvalue weighted by molar-refractivity contribution is 5.76. The van der Waals surface area contributed by atoms with Gasteiger partial charge >= 0.3 is 5.97 Å². The summed E-state index contributed by atoms with van der Waals surface area (Å²) in [6, 6.07) is 0. The van der Waals surface area contributed by atoms with E-state index < -0.39 is 0 Å². The van der Waals surface area contributed by atoms with Gasteiger partial charge in [0.15, 0.2) is 5.79 Å². The standard InChI is InChI=1S/C22H33NO4/c1-15-4-3-5-21(2)13-19-16(12-18(15)21)17(20(24)27-19)14-23-8-6-22(7-9-23)25-10-11-26-22/h12,15-17,19H,3-11,13-14H2,1-2H3/p+1/t15-,16+,17+,19+,21+/m0/s1. The minimum Gasteiger partial charge on any atom is -0.461 e. The molecule has 5 rings (SSSR count). The van der Waals surface area contributed by atoms with Gasteiger partial charge in [0.05, 0.1) is 45.7 Å². The fourth-order valence-corrected chi connectivity index (χ4v) is 6.57. The van der Waals surface area contributed by atoms with E-state index in [1.165, 1.54) is 24.2 Å². The molecule has 5 atom stereocenters. The van der Waals surface area contributed by atoms with E-state index in [9.17, 15) is 4.79 Å². The van der Waals surface area contributed by atoms with Crippen molar-refractivity contribution in [3.8, 4) is 0 Å². The SMILES string of the molecule is C[C@H]1CCC[C@]2(C)C[C@H]3OC(=O)[C@H](C[NH+]4CCC5(CC4)OCCO5)[C@H]3C=C12. The molecular weight excluding hydrogens is 342 g/mol. The van der Waals surface area contributed by atoms with Crippen LogP contribution in [0.1, 0.15) is 52.4 Å². The van der Waals surface area contributed by atoms with Crippen molar-refractivity contribution in [1.29, 1.82) is 0 Å². The molecule has 27 heavy (non-hydrogen) atoms. The van der Waals surface area contributed by atoms with Gasteiger partial charge in [-0.2, -0.15) is 0 Å². The van der Waals surface area contributed by atoms with Crippen molar-refractivity contribution in [3.05, 3.63) is 11.6 Å². The number of esters is 1. The minimum atomic E-state index is -0.325. The van der Waals surface area contributed by atoms with E-state index in [1.807, 2.05) is 0 Å². The Hall–Kier alpha value is -0.910. The predicted molar refractivity (Wildman–Crippen MR) is 100 cm³/mol. The zero-order valence-corrected chi connectivity index (χ0v) is 16.8. The summed E-state index contributed by atoms with van der Waals surface area (Å²) in [7, 11) is 0. The first-order valence-corrected chi connectivity index (χ1v) is 11.0. The zero-order valence-electron chi connectivity index (χ0n) is 16.8. The summed E-state index contributed by atoms with van der Waals surface area (Å²) >= 11 is 0. The molecule has 5 nitrogen and oxygen atoms in total. The molecule has 0 radical (unpaired) electrons. The average Bonchev–Trinajstić information content (AvgIpc) is 3.20. The lowest BCUT2D eigenvalue weighted by Crippen LogP contribution is -3.14. The number of nitrogens with one attached hydrogen (secondary N) is 1. The molecule has 1 spiro atoms. The summed E-state index contributed by atoms with van der Waals surface area (Å²) < 4.78 is 17.6. The van der Waals surface area contributed by atoms with Crippen LogP contribution in [0.3, 0.4) is 0 Å². The van der Waals surface area contributed by atoms with E-state index in [1.54, 1.807) is 5.57 Å². The van der Waals surface area contributed by atoms with Crippen LogP contribution in [-0.4, -0.2) is 50.7 Å². The fourth-order valence-electron chi connectivity index (χ4n) is 6.57. The van der Waals surface area contributed by atoms with E-state index in [4.69, 9.17) is 14.2 Å². The molecule has 3 aliphatic heterocycles. The predicted octanol–water partition coefficient (Wildman–Crippen LogP) is 1.72. The van der Waals surface area contributed by atoms with Crippen LogP contribution in [0.15, 0.2) is 11.6 Å². The van der Waals surface area contributed by atoms with Crippen LogP contribution >= 0.6 is 0 Å². The van der Waals surface area contributed by atoms with Crippen LogP contribution in [0.25, 0.3) is 0 Å². The maximum Gasteiger partial charge on any atom is 0.315 e. The molecule has 0 aromatic carbocycles. The summed E-state index contributed by atoms with van der Waals surface area (Å²) in [5, 5.41) is 0. The highest BCUT2D eigenvalue weighted by atomic mass is 16.7. The van der Waals surface area contributed by atoms with Crippen molar-refractivity contribution in [2.75, 3.05) is 32.8 Å². The first kappa shape index (κ1) is 18.1. The van der Waals surface area contributed by atoms with Crippen molar-refractivity contribution >= 4 is 5.97 Å². The van der Waals surface area contributed by atoms with Crippen molar-refractivity contribution in [2.45, 2.75) is 64.3 Å². The number of carbonyl (C=O) groups excluding carboxylic acids is 1. The van der Waals surface area contributed by atoms with Gasteiger partial charge in [0.25, 0.3) is 0 Å². The Morgan fingerprint density at radius 1 is 1.19 bits per heavy atom. The van der Waals surface area contributed by atoms with E-state index in [0.29, 0.717) is 5.92 Å². The quantitative estimate of drug-likeness (QED) is 0.589. The Kier molecular flexibility index (Phi) is 4.41. The smallest absolute Gasteiger partial charge is 0.315 e. The molecule has 5 heteroatoms. The van der Waals surface area contributed by atoms with E-state index in [-0.39, 0.29) is 35.1 Å². The fraction of sp³-hybridized carbons (Fsp3) is 0.864. The number of rotatable bonds is 2. The molecule has 3 saturated heterocycles. The Morgan fingerprint density at radius 2 is 1.93 bits per heavy atom. The molecule has 150 valence electrons. The molecule has 4 fully saturated rings. The Balaban J connectivity index is 1.30. The van der Waals surface area contributed by atoms with Crippen molar-refractivity contribution in [2.24, 2.45) is 23.2 Å². The van der Waals surface area contributed by atoms with Crippen LogP contribution in [0, 0.1) is 23.2 Å². The molecule has 0 aromatic rings. The highest BCUT2D eigenvalue weighted by Gasteiger charge is 2.53. The molecule has 0 bridgehead atoms. The summed E-state index contributed by atoms with van der Waals surface area (Å²) in [5.74, 6) is 0.672. The number of fused-ring (bicyclic) bond motifs is 2. The molecule has 1 saturated carbocycles. The van der Waals surface area contributed by atoms with E-state index in [2.05, 4.69) is 19.9 Å². The lowest BCUT2D eigenvalue weighted by molar-refractivity contribution is -0.911. The third kappa shape index (κ3) is 3.06. The first-order chi connectivity index (χ1) is 13.0. The second-order valence-electron chi connectivity index (χ2n) is 9.90. The lowest BCUT2D eigenvalue weighted by atomic mass is 9.59. The Morgan fingerprint density at radius 3 is 2.67 bits per heavy atom. The summed E-state index contributed by atoms with van der Waals surface area (Å²) in [4.78, 5) is 14.2. The third-order valence-electron chi connectivity index (χ3n) is 8.12. The topological polar surface area (TPSA) is 49.2 Å². The van der Waals surface area contributed by atoms with Crippen LogP contribution < -0.4 is 4.90 Å². The number of likely N-dealkylation sites (tertiary alicyclic amines) is 1. The molecule has 3 heterocycles. The van der Waals surface area contributed by atoms with E-state index in [0.717, 1.165) is 52.1 Å². The third-order valence-corrected chi connectivity index (χ3v) is 8.12. The summed E-state index contributed by atoms with van der Waals surface area (Å²) in [6.07, 6.45) is 9.30. The Labute approximate surface area is 162 Å². The van der Waals surface area contributed by atoms with E-state index >= 15 is 0 Å². The second kappa shape index (κ2) is 6.57. The van der Waals surface area contributed by atoms with Crippen LogP contribution in [0.2, 0.25) is 0 Å². The van der Waals surface area contributed by atoms with Gasteiger partial charge in [0, 0.05) is 5.92 Å². The zero-order chi connectivity index (χ0) is 18.6. The lowest BCUT2D eigenvalue weighted by Gasteiger charge is -2.46. The molecular formula is C22H34NO4+. The number of hydrogen-bond acceptors (Lipinski definition) is 4. The van der Waals surface area contributed by atoms with Crippen molar-refractivity contribution in [3.63, 3.8) is 0 Å². The Bertz CT molecular complexity index is 630. The number of allylic oxidation sites excluding steroid dienone is 1. The van der Waals surface area contributed by atoms with Gasteiger partial charge in [-0.15, -0.1) is 0 Å². The average molecular weight is 377 g/mol. The normalized spacial score (nSPS) is 43.9. The monoisotopic (exact) mass is 376 g/mol. The van der Waals surface area contributed by atoms with Gasteiger partial charge < -0.3 is 19.1 Å². The molecule has 5 aliphatic rings. The number of ether oxygens (including phenoxy) is 3. The van der Waals surface area contributed by atoms with Gasteiger partial charge in [-0.25, -0.2) is 0 Å². The van der Waals surface area contributed by atoms with Gasteiger partial charge in [0.2, 0.25) is 0 Å². The summed E-state index contributed by atoms with van der Waals surface area (Å²) in [5.41, 5.74) is 1.86. The maximum atomic E-state index is 12.7. The first-order valence-electron chi connectivity index (χ1n) is 11.0. The number of carbonyl (C=O) groups is 1. The number of quaternary nitrogens is 1. The summed E-state index contributed by atoms with van der Waals surface area (Å²) in [6.45, 7) is 9.13. The molecule has 2 aliphatic carbocycles. The van der Waals surface area contributed by atoms with Gasteiger partial charge in [-0.05, 0) is 30.6 Å². The molecule has 0 unspecified atom stereocenters. The van der Waals surface area contributed by atoms with Crippen molar-refractivity contribution in [1.82, 2.24) is 0 Å². The minimum absolute atomic E-state index is 0.0237.